The molecular weight excluding hydrogens is 488 g/mol. The number of carbonyl (C=O) groups is 2. The molecule has 2 amide bonds. The fraction of sp³-hybridized carbons (Fsp3) is 0.333. The number of carbonyl (C=O) groups excluding carboxylic acids is 2. The van der Waals surface area contributed by atoms with Crippen LogP contribution in [0.1, 0.15) is 48.9 Å². The van der Waals surface area contributed by atoms with Crippen molar-refractivity contribution >= 4 is 23.4 Å². The Balaban J connectivity index is 1.96. The van der Waals surface area contributed by atoms with Crippen LogP contribution in [0.25, 0.3) is 0 Å². The van der Waals surface area contributed by atoms with Gasteiger partial charge in [-0.15, -0.1) is 0 Å². The van der Waals surface area contributed by atoms with Gasteiger partial charge in [0.2, 0.25) is 11.8 Å². The van der Waals surface area contributed by atoms with Crippen LogP contribution in [-0.4, -0.2) is 37.5 Å². The number of ether oxygens (including phenoxy) is 2. The summed E-state index contributed by atoms with van der Waals surface area (Å²) in [4.78, 5) is 29.1. The fourth-order valence-electron chi connectivity index (χ4n) is 4.17. The third-order valence-corrected chi connectivity index (χ3v) is 6.40. The quantitative estimate of drug-likeness (QED) is 0.280. The minimum atomic E-state index is -0.786. The molecule has 0 aliphatic heterocycles. The van der Waals surface area contributed by atoms with Crippen LogP contribution in [0.5, 0.6) is 11.5 Å². The van der Waals surface area contributed by atoms with Crippen LogP contribution in [0.3, 0.4) is 0 Å². The maximum atomic E-state index is 13.9. The van der Waals surface area contributed by atoms with Gasteiger partial charge in [-0.1, -0.05) is 79.9 Å². The summed E-state index contributed by atoms with van der Waals surface area (Å²) in [6.07, 6.45) is 3.08. The highest BCUT2D eigenvalue weighted by molar-refractivity contribution is 6.30. The summed E-state index contributed by atoms with van der Waals surface area (Å²) in [7, 11) is 3.13. The summed E-state index contributed by atoms with van der Waals surface area (Å²) >= 11 is 6.10. The van der Waals surface area contributed by atoms with Crippen LogP contribution in [0.4, 0.5) is 0 Å². The molecule has 1 atom stereocenters. The summed E-state index contributed by atoms with van der Waals surface area (Å²) < 4.78 is 10.7. The topological polar surface area (TPSA) is 67.9 Å². The second-order valence-corrected chi connectivity index (χ2v) is 9.26. The highest BCUT2D eigenvalue weighted by Crippen LogP contribution is 2.29. The van der Waals surface area contributed by atoms with Gasteiger partial charge >= 0.3 is 0 Å². The second kappa shape index (κ2) is 14.3. The average Bonchev–Trinajstić information content (AvgIpc) is 2.92. The van der Waals surface area contributed by atoms with Gasteiger partial charge in [-0.25, -0.2) is 0 Å². The Labute approximate surface area is 224 Å². The van der Waals surface area contributed by atoms with Crippen LogP contribution in [-0.2, 0) is 22.6 Å². The zero-order chi connectivity index (χ0) is 26.6. The number of amides is 2. The molecule has 0 aromatic heterocycles. The maximum absolute atomic E-state index is 13.9. The number of nitrogens with zero attached hydrogens (tertiary/aromatic N) is 1. The van der Waals surface area contributed by atoms with Crippen molar-refractivity contribution in [3.05, 3.63) is 94.5 Å². The zero-order valence-electron chi connectivity index (χ0n) is 21.7. The van der Waals surface area contributed by atoms with E-state index in [9.17, 15) is 9.59 Å². The molecule has 0 saturated carbocycles. The van der Waals surface area contributed by atoms with Gasteiger partial charge in [0.05, 0.1) is 20.6 Å². The highest BCUT2D eigenvalue weighted by atomic mass is 35.5. The van der Waals surface area contributed by atoms with E-state index in [0.717, 1.165) is 36.0 Å². The summed E-state index contributed by atoms with van der Waals surface area (Å²) in [5.74, 6) is 0.757. The molecule has 0 bridgehead atoms. The standard InChI is InChI=1S/C30H35ClN2O4/c1-4-5-9-18-32-30(35)29(24-10-7-6-8-11-24)33(21-22-12-15-25(31)16-13-22)28(34)20-23-14-17-26(36-2)27(19-23)37-3/h6-8,10-17,19,29H,4-5,9,18,20-21H2,1-3H3,(H,32,35)/t29-/m1/s1. The third-order valence-electron chi connectivity index (χ3n) is 6.14. The Hall–Kier alpha value is -3.51. The van der Waals surface area contributed by atoms with Crippen LogP contribution < -0.4 is 14.8 Å². The fourth-order valence-corrected chi connectivity index (χ4v) is 4.29. The first-order valence-electron chi connectivity index (χ1n) is 12.5. The number of hydrogen-bond donors (Lipinski definition) is 1. The SMILES string of the molecule is CCCCCNC(=O)[C@@H](c1ccccc1)N(Cc1ccc(Cl)cc1)C(=O)Cc1ccc(OC)c(OC)c1. The van der Waals surface area contributed by atoms with Crippen LogP contribution in [0, 0.1) is 0 Å². The van der Waals surface area contributed by atoms with Gasteiger partial charge in [-0.2, -0.15) is 0 Å². The zero-order valence-corrected chi connectivity index (χ0v) is 22.5. The molecule has 7 heteroatoms. The van der Waals surface area contributed by atoms with Crippen LogP contribution in [0.15, 0.2) is 72.8 Å². The molecule has 6 nitrogen and oxygen atoms in total. The van der Waals surface area contributed by atoms with Gasteiger partial charge in [-0.3, -0.25) is 9.59 Å². The van der Waals surface area contributed by atoms with Crippen LogP contribution >= 0.6 is 11.6 Å². The normalized spacial score (nSPS) is 11.5. The van der Waals surface area contributed by atoms with E-state index in [4.69, 9.17) is 21.1 Å². The van der Waals surface area contributed by atoms with Crippen molar-refractivity contribution in [3.63, 3.8) is 0 Å². The average molecular weight is 523 g/mol. The Morgan fingerprint density at radius 3 is 2.22 bits per heavy atom. The minimum absolute atomic E-state index is 0.0976. The molecule has 37 heavy (non-hydrogen) atoms. The van der Waals surface area contributed by atoms with Gasteiger partial charge in [0.25, 0.3) is 0 Å². The lowest BCUT2D eigenvalue weighted by molar-refractivity contribution is -0.141. The molecule has 0 spiro atoms. The summed E-state index contributed by atoms with van der Waals surface area (Å²) in [5, 5.41) is 3.66. The molecule has 0 aliphatic carbocycles. The van der Waals surface area contributed by atoms with Gasteiger partial charge in [0.1, 0.15) is 6.04 Å². The van der Waals surface area contributed by atoms with E-state index in [-0.39, 0.29) is 24.8 Å². The molecule has 0 saturated heterocycles. The highest BCUT2D eigenvalue weighted by Gasteiger charge is 2.31. The first-order valence-corrected chi connectivity index (χ1v) is 12.9. The maximum Gasteiger partial charge on any atom is 0.247 e. The van der Waals surface area contributed by atoms with Gasteiger partial charge in [-0.05, 0) is 47.4 Å². The molecule has 3 aromatic carbocycles. The van der Waals surface area contributed by atoms with Crippen LogP contribution in [0.2, 0.25) is 5.02 Å². The summed E-state index contributed by atoms with van der Waals surface area (Å²) in [6, 6.07) is 21.4. The Bertz CT molecular complexity index is 1150. The number of rotatable bonds is 13. The lowest BCUT2D eigenvalue weighted by atomic mass is 10.0. The number of nitrogens with one attached hydrogen (secondary N) is 1. The van der Waals surface area contributed by atoms with E-state index >= 15 is 0 Å². The van der Waals surface area contributed by atoms with E-state index in [2.05, 4.69) is 12.2 Å². The number of benzene rings is 3. The summed E-state index contributed by atoms with van der Waals surface area (Å²) in [5.41, 5.74) is 2.40. The molecule has 1 N–H and O–H groups in total. The van der Waals surface area contributed by atoms with Crippen molar-refractivity contribution in [1.29, 1.82) is 0 Å². The molecule has 0 heterocycles. The first kappa shape index (κ1) is 28.1. The molecular formula is C30H35ClN2O4. The Morgan fingerprint density at radius 1 is 0.892 bits per heavy atom. The third kappa shape index (κ3) is 7.99. The van der Waals surface area contributed by atoms with Crippen molar-refractivity contribution < 1.29 is 19.1 Å². The largest absolute Gasteiger partial charge is 0.493 e. The molecule has 0 radical (unpaired) electrons. The van der Waals surface area contributed by atoms with Crippen molar-refractivity contribution in [2.24, 2.45) is 0 Å². The monoisotopic (exact) mass is 522 g/mol. The van der Waals surface area contributed by atoms with Gasteiger partial charge in [0, 0.05) is 18.1 Å². The Morgan fingerprint density at radius 2 is 1.57 bits per heavy atom. The van der Waals surface area contributed by atoms with Crippen molar-refractivity contribution in [1.82, 2.24) is 10.2 Å². The predicted molar refractivity (Wildman–Crippen MR) is 147 cm³/mol. The van der Waals surface area contributed by atoms with Gasteiger partial charge < -0.3 is 19.7 Å². The van der Waals surface area contributed by atoms with Crippen molar-refractivity contribution in [2.45, 2.75) is 45.2 Å². The van der Waals surface area contributed by atoms with Gasteiger partial charge in [0.15, 0.2) is 11.5 Å². The molecule has 0 aliphatic rings. The van der Waals surface area contributed by atoms with Crippen molar-refractivity contribution in [2.75, 3.05) is 20.8 Å². The molecule has 0 unspecified atom stereocenters. The smallest absolute Gasteiger partial charge is 0.247 e. The predicted octanol–water partition coefficient (Wildman–Crippen LogP) is 5.98. The first-order chi connectivity index (χ1) is 18.0. The van der Waals surface area contributed by atoms with E-state index < -0.39 is 6.04 Å². The molecule has 0 fully saturated rings. The number of halogens is 1. The molecule has 3 rings (SSSR count). The minimum Gasteiger partial charge on any atom is -0.493 e. The Kier molecular flexibility index (Phi) is 10.8. The van der Waals surface area contributed by atoms with E-state index in [1.165, 1.54) is 0 Å². The van der Waals surface area contributed by atoms with E-state index in [0.29, 0.717) is 23.1 Å². The van der Waals surface area contributed by atoms with E-state index in [1.54, 1.807) is 43.4 Å². The second-order valence-electron chi connectivity index (χ2n) is 8.83. The molecule has 3 aromatic rings. The number of hydrogen-bond acceptors (Lipinski definition) is 4. The number of methoxy groups -OCH3 is 2. The lowest BCUT2D eigenvalue weighted by Gasteiger charge is -2.32. The molecule has 196 valence electrons. The van der Waals surface area contributed by atoms with E-state index in [1.807, 2.05) is 48.5 Å². The number of unbranched alkanes of at least 4 members (excludes halogenated alkanes) is 2. The summed E-state index contributed by atoms with van der Waals surface area (Å²) in [6.45, 7) is 2.94. The lowest BCUT2D eigenvalue weighted by Crippen LogP contribution is -2.44. The van der Waals surface area contributed by atoms with Crippen molar-refractivity contribution in [3.8, 4) is 11.5 Å².